The van der Waals surface area contributed by atoms with Gasteiger partial charge in [-0.2, -0.15) is 18.2 Å². The van der Waals surface area contributed by atoms with Crippen LogP contribution in [-0.4, -0.2) is 27.9 Å². The van der Waals surface area contributed by atoms with E-state index in [0.29, 0.717) is 17.3 Å². The summed E-state index contributed by atoms with van der Waals surface area (Å²) in [5.41, 5.74) is 3.44. The van der Waals surface area contributed by atoms with E-state index in [2.05, 4.69) is 25.6 Å². The van der Waals surface area contributed by atoms with Gasteiger partial charge in [-0.05, 0) is 61.4 Å². The predicted octanol–water partition coefficient (Wildman–Crippen LogP) is 5.62. The van der Waals surface area contributed by atoms with Gasteiger partial charge in [0, 0.05) is 41.1 Å². The minimum atomic E-state index is -4.52. The average molecular weight is 451 g/mol. The molecule has 4 rings (SSSR count). The zero-order valence-electron chi connectivity index (χ0n) is 18.1. The SMILES string of the molecule is CNc1ncc2cc(-c3cc(NC(=O)c4cccc(C(F)(F)F)c4)ccc3C)c(C)nc2n1. The quantitative estimate of drug-likeness (QED) is 0.421. The Balaban J connectivity index is 1.68. The molecule has 0 saturated carbocycles. The van der Waals surface area contributed by atoms with Crippen LogP contribution < -0.4 is 10.6 Å². The first kappa shape index (κ1) is 22.2. The summed E-state index contributed by atoms with van der Waals surface area (Å²) in [7, 11) is 1.73. The molecule has 0 radical (unpaired) electrons. The lowest BCUT2D eigenvalue weighted by atomic mass is 9.98. The number of benzene rings is 2. The fourth-order valence-electron chi connectivity index (χ4n) is 3.48. The normalized spacial score (nSPS) is 11.5. The average Bonchev–Trinajstić information content (AvgIpc) is 2.79. The van der Waals surface area contributed by atoms with Crippen LogP contribution in [-0.2, 0) is 6.18 Å². The van der Waals surface area contributed by atoms with Gasteiger partial charge in [-0.3, -0.25) is 4.79 Å². The van der Waals surface area contributed by atoms with Crippen LogP contribution in [0.25, 0.3) is 22.2 Å². The van der Waals surface area contributed by atoms with Crippen molar-refractivity contribution in [1.29, 1.82) is 0 Å². The number of amides is 1. The molecule has 6 nitrogen and oxygen atoms in total. The van der Waals surface area contributed by atoms with Crippen LogP contribution in [0.1, 0.15) is 27.2 Å². The summed E-state index contributed by atoms with van der Waals surface area (Å²) >= 11 is 0. The Morgan fingerprint density at radius 2 is 1.76 bits per heavy atom. The Kier molecular flexibility index (Phi) is 5.71. The van der Waals surface area contributed by atoms with Gasteiger partial charge in [0.2, 0.25) is 5.95 Å². The zero-order chi connectivity index (χ0) is 23.8. The number of nitrogens with one attached hydrogen (secondary N) is 2. The Bertz CT molecular complexity index is 1370. The molecule has 1 amide bonds. The highest BCUT2D eigenvalue weighted by Gasteiger charge is 2.30. The third-order valence-electron chi connectivity index (χ3n) is 5.22. The largest absolute Gasteiger partial charge is 0.416 e. The molecule has 4 aromatic rings. The van der Waals surface area contributed by atoms with Crippen molar-refractivity contribution in [2.24, 2.45) is 0 Å². The van der Waals surface area contributed by atoms with Crippen molar-refractivity contribution in [3.8, 4) is 11.1 Å². The number of pyridine rings is 1. The van der Waals surface area contributed by atoms with E-state index < -0.39 is 17.6 Å². The van der Waals surface area contributed by atoms with Crippen LogP contribution in [0.2, 0.25) is 0 Å². The molecule has 0 aliphatic carbocycles. The highest BCUT2D eigenvalue weighted by molar-refractivity contribution is 6.04. The van der Waals surface area contributed by atoms with Gasteiger partial charge in [0.25, 0.3) is 5.91 Å². The third kappa shape index (κ3) is 4.62. The lowest BCUT2D eigenvalue weighted by molar-refractivity contribution is -0.137. The molecule has 2 N–H and O–H groups in total. The van der Waals surface area contributed by atoms with E-state index in [9.17, 15) is 18.0 Å². The lowest BCUT2D eigenvalue weighted by Crippen LogP contribution is -2.14. The minimum Gasteiger partial charge on any atom is -0.357 e. The molecule has 0 saturated heterocycles. The van der Waals surface area contributed by atoms with E-state index in [1.807, 2.05) is 26.0 Å². The van der Waals surface area contributed by atoms with E-state index >= 15 is 0 Å². The molecule has 168 valence electrons. The van der Waals surface area contributed by atoms with Gasteiger partial charge in [-0.1, -0.05) is 12.1 Å². The number of aryl methyl sites for hydroxylation is 2. The fourth-order valence-corrected chi connectivity index (χ4v) is 3.48. The van der Waals surface area contributed by atoms with E-state index in [1.54, 1.807) is 25.4 Å². The highest BCUT2D eigenvalue weighted by atomic mass is 19.4. The number of nitrogens with zero attached hydrogens (tertiary/aromatic N) is 3. The number of carbonyl (C=O) groups excluding carboxylic acids is 1. The van der Waals surface area contributed by atoms with Gasteiger partial charge in [-0.25, -0.2) is 9.97 Å². The van der Waals surface area contributed by atoms with Gasteiger partial charge >= 0.3 is 6.18 Å². The summed E-state index contributed by atoms with van der Waals surface area (Å²) in [4.78, 5) is 25.8. The first-order valence-corrected chi connectivity index (χ1v) is 10.1. The number of aromatic nitrogens is 3. The zero-order valence-corrected chi connectivity index (χ0v) is 18.1. The number of fused-ring (bicyclic) bond motifs is 1. The molecule has 0 unspecified atom stereocenters. The second-order valence-corrected chi connectivity index (χ2v) is 7.54. The van der Waals surface area contributed by atoms with Crippen molar-refractivity contribution in [2.45, 2.75) is 20.0 Å². The number of rotatable bonds is 4. The second-order valence-electron chi connectivity index (χ2n) is 7.54. The maximum Gasteiger partial charge on any atom is 0.416 e. The molecule has 2 heterocycles. The Labute approximate surface area is 187 Å². The molecule has 0 atom stereocenters. The molecule has 0 aliphatic heterocycles. The molecule has 33 heavy (non-hydrogen) atoms. The molecule has 0 spiro atoms. The van der Waals surface area contributed by atoms with Crippen molar-refractivity contribution in [1.82, 2.24) is 15.0 Å². The van der Waals surface area contributed by atoms with Crippen LogP contribution in [0, 0.1) is 13.8 Å². The monoisotopic (exact) mass is 451 g/mol. The topological polar surface area (TPSA) is 79.8 Å². The number of hydrogen-bond donors (Lipinski definition) is 2. The van der Waals surface area contributed by atoms with Crippen molar-refractivity contribution in [2.75, 3.05) is 17.7 Å². The van der Waals surface area contributed by atoms with Crippen molar-refractivity contribution >= 4 is 28.6 Å². The Morgan fingerprint density at radius 1 is 0.970 bits per heavy atom. The van der Waals surface area contributed by atoms with Crippen molar-refractivity contribution < 1.29 is 18.0 Å². The lowest BCUT2D eigenvalue weighted by Gasteiger charge is -2.14. The van der Waals surface area contributed by atoms with E-state index in [1.165, 1.54) is 12.1 Å². The Hall–Kier alpha value is -4.01. The smallest absolute Gasteiger partial charge is 0.357 e. The Morgan fingerprint density at radius 3 is 2.48 bits per heavy atom. The number of hydrogen-bond acceptors (Lipinski definition) is 5. The molecule has 0 bridgehead atoms. The maximum atomic E-state index is 13.0. The maximum absolute atomic E-state index is 13.0. The number of carbonyl (C=O) groups is 1. The molecule has 0 fully saturated rings. The summed E-state index contributed by atoms with van der Waals surface area (Å²) in [6.07, 6.45) is -2.84. The number of alkyl halides is 3. The molecular weight excluding hydrogens is 431 g/mol. The minimum absolute atomic E-state index is 0.0759. The summed E-state index contributed by atoms with van der Waals surface area (Å²) < 4.78 is 39.0. The summed E-state index contributed by atoms with van der Waals surface area (Å²) in [6, 6.07) is 11.6. The first-order valence-electron chi connectivity index (χ1n) is 10.1. The van der Waals surface area contributed by atoms with Gasteiger partial charge < -0.3 is 10.6 Å². The summed E-state index contributed by atoms with van der Waals surface area (Å²) in [5, 5.41) is 6.32. The second kappa shape index (κ2) is 8.50. The van der Waals surface area contributed by atoms with Gasteiger partial charge in [0.05, 0.1) is 5.56 Å². The standard InChI is InChI=1S/C24H20F3N5O/c1-13-7-8-18(31-22(33)15-5-4-6-17(9-15)24(25,26)27)11-19(13)20-10-16-12-29-23(28-3)32-21(16)30-14(20)2/h4-12H,1-3H3,(H,31,33)(H,28,29,30,32). The van der Waals surface area contributed by atoms with Gasteiger partial charge in [0.15, 0.2) is 5.65 Å². The van der Waals surface area contributed by atoms with E-state index in [-0.39, 0.29) is 5.56 Å². The van der Waals surface area contributed by atoms with Crippen LogP contribution in [0.3, 0.4) is 0 Å². The molecule has 2 aromatic carbocycles. The van der Waals surface area contributed by atoms with E-state index in [0.717, 1.165) is 39.9 Å². The van der Waals surface area contributed by atoms with Crippen LogP contribution in [0.15, 0.2) is 54.7 Å². The van der Waals surface area contributed by atoms with Gasteiger partial charge in [0.1, 0.15) is 0 Å². The number of halogens is 3. The molecule has 0 aliphatic rings. The van der Waals surface area contributed by atoms with Crippen molar-refractivity contribution in [3.63, 3.8) is 0 Å². The first-order chi connectivity index (χ1) is 15.7. The fraction of sp³-hybridized carbons (Fsp3) is 0.167. The van der Waals surface area contributed by atoms with Crippen molar-refractivity contribution in [3.05, 3.63) is 77.1 Å². The predicted molar refractivity (Wildman–Crippen MR) is 121 cm³/mol. The molecular formula is C24H20F3N5O. The van der Waals surface area contributed by atoms with Crippen LogP contribution >= 0.6 is 0 Å². The number of anilines is 2. The van der Waals surface area contributed by atoms with E-state index in [4.69, 9.17) is 0 Å². The third-order valence-corrected chi connectivity index (χ3v) is 5.22. The summed E-state index contributed by atoms with van der Waals surface area (Å²) in [5.74, 6) is -0.158. The van der Waals surface area contributed by atoms with Crippen LogP contribution in [0.5, 0.6) is 0 Å². The molecule has 9 heteroatoms. The highest BCUT2D eigenvalue weighted by Crippen LogP contribution is 2.32. The van der Waals surface area contributed by atoms with Crippen LogP contribution in [0.4, 0.5) is 24.8 Å². The van der Waals surface area contributed by atoms with Gasteiger partial charge in [-0.15, -0.1) is 0 Å². The molecule has 2 aromatic heterocycles. The summed E-state index contributed by atoms with van der Waals surface area (Å²) in [6.45, 7) is 3.79.